The van der Waals surface area contributed by atoms with E-state index in [2.05, 4.69) is 10.6 Å². The highest BCUT2D eigenvalue weighted by Gasteiger charge is 2.15. The van der Waals surface area contributed by atoms with Crippen LogP contribution in [0.2, 0.25) is 0 Å². The van der Waals surface area contributed by atoms with Crippen molar-refractivity contribution < 1.29 is 14.7 Å². The normalized spacial score (nSPS) is 11.6. The van der Waals surface area contributed by atoms with Gasteiger partial charge in [-0.05, 0) is 48.9 Å². The van der Waals surface area contributed by atoms with Crippen LogP contribution >= 0.6 is 0 Å². The predicted octanol–water partition coefficient (Wildman–Crippen LogP) is 2.61. The lowest BCUT2D eigenvalue weighted by Crippen LogP contribution is -2.36. The number of carbonyl (C=O) groups excluding carboxylic acids is 2. The minimum atomic E-state index is -0.677. The summed E-state index contributed by atoms with van der Waals surface area (Å²) in [5.41, 5.74) is 2.73. The average molecular weight is 340 g/mol. The van der Waals surface area contributed by atoms with E-state index in [0.29, 0.717) is 25.1 Å². The topological polar surface area (TPSA) is 78.4 Å². The Morgan fingerprint density at radius 2 is 1.76 bits per heavy atom. The molecule has 2 amide bonds. The maximum absolute atomic E-state index is 11.9. The second kappa shape index (κ2) is 9.59. The van der Waals surface area contributed by atoms with E-state index < -0.39 is 11.8 Å². The van der Waals surface area contributed by atoms with Crippen molar-refractivity contribution in [3.63, 3.8) is 0 Å². The van der Waals surface area contributed by atoms with Crippen molar-refractivity contribution in [2.24, 2.45) is 0 Å². The van der Waals surface area contributed by atoms with Crippen LogP contribution in [0.3, 0.4) is 0 Å². The zero-order valence-electron chi connectivity index (χ0n) is 14.4. The molecule has 0 aliphatic rings. The number of anilines is 1. The molecule has 2 aromatic rings. The van der Waals surface area contributed by atoms with Gasteiger partial charge in [0.1, 0.15) is 0 Å². The predicted molar refractivity (Wildman–Crippen MR) is 98.3 cm³/mol. The summed E-state index contributed by atoms with van der Waals surface area (Å²) in [5, 5.41) is 14.5. The number of aliphatic hydroxyl groups excluding tert-OH is 1. The molecule has 25 heavy (non-hydrogen) atoms. The van der Waals surface area contributed by atoms with Gasteiger partial charge < -0.3 is 15.7 Å². The second-order valence-electron chi connectivity index (χ2n) is 5.99. The molecule has 0 heterocycles. The number of hydrogen-bond donors (Lipinski definition) is 3. The van der Waals surface area contributed by atoms with Crippen molar-refractivity contribution in [2.45, 2.75) is 25.7 Å². The molecule has 3 N–H and O–H groups in total. The maximum atomic E-state index is 11.9. The summed E-state index contributed by atoms with van der Waals surface area (Å²) in [4.78, 5) is 23.9. The molecule has 132 valence electrons. The molecule has 2 rings (SSSR count). The first-order valence-electron chi connectivity index (χ1n) is 8.42. The van der Waals surface area contributed by atoms with Crippen LogP contribution in [0, 0.1) is 6.92 Å². The van der Waals surface area contributed by atoms with E-state index >= 15 is 0 Å². The van der Waals surface area contributed by atoms with Gasteiger partial charge in [-0.1, -0.05) is 42.5 Å². The molecule has 0 aliphatic carbocycles. The highest BCUT2D eigenvalue weighted by Crippen LogP contribution is 2.22. The van der Waals surface area contributed by atoms with E-state index in [9.17, 15) is 14.7 Å². The van der Waals surface area contributed by atoms with Gasteiger partial charge in [-0.3, -0.25) is 9.59 Å². The molecule has 5 nitrogen and oxygen atoms in total. The van der Waals surface area contributed by atoms with Crippen LogP contribution < -0.4 is 10.6 Å². The fourth-order valence-electron chi connectivity index (χ4n) is 2.71. The van der Waals surface area contributed by atoms with Crippen molar-refractivity contribution in [3.05, 3.63) is 65.7 Å². The molecule has 0 saturated carbocycles. The van der Waals surface area contributed by atoms with Gasteiger partial charge in [-0.15, -0.1) is 0 Å². The van der Waals surface area contributed by atoms with Crippen LogP contribution in [0.25, 0.3) is 0 Å². The van der Waals surface area contributed by atoms with Crippen molar-refractivity contribution in [2.75, 3.05) is 18.5 Å². The lowest BCUT2D eigenvalue weighted by Gasteiger charge is -2.16. The Balaban J connectivity index is 1.83. The number of rotatable bonds is 7. The van der Waals surface area contributed by atoms with E-state index in [1.807, 2.05) is 49.4 Å². The Morgan fingerprint density at radius 3 is 2.44 bits per heavy atom. The van der Waals surface area contributed by atoms with E-state index in [-0.39, 0.29) is 12.5 Å². The Bertz CT molecular complexity index is 701. The summed E-state index contributed by atoms with van der Waals surface area (Å²) in [6.45, 7) is 2.38. The van der Waals surface area contributed by atoms with Crippen LogP contribution in [0.15, 0.2) is 54.6 Å². The molecule has 0 radical (unpaired) electrons. The number of aliphatic hydroxyl groups is 1. The van der Waals surface area contributed by atoms with E-state index in [4.69, 9.17) is 0 Å². The molecule has 0 unspecified atom stereocenters. The molecule has 0 saturated heterocycles. The van der Waals surface area contributed by atoms with Gasteiger partial charge in [-0.25, -0.2) is 0 Å². The third-order valence-electron chi connectivity index (χ3n) is 4.01. The zero-order valence-corrected chi connectivity index (χ0v) is 14.4. The first-order chi connectivity index (χ1) is 12.1. The number of hydrogen-bond acceptors (Lipinski definition) is 3. The van der Waals surface area contributed by atoms with Gasteiger partial charge in [0, 0.05) is 18.8 Å². The number of benzene rings is 2. The third-order valence-corrected chi connectivity index (χ3v) is 4.01. The zero-order chi connectivity index (χ0) is 18.1. The average Bonchev–Trinajstić information content (AvgIpc) is 2.61. The molecule has 5 heteroatoms. The number of amides is 2. The fraction of sp³-hybridized carbons (Fsp3) is 0.300. The van der Waals surface area contributed by atoms with E-state index in [0.717, 1.165) is 11.1 Å². The minimum absolute atomic E-state index is 0.0847. The lowest BCUT2D eigenvalue weighted by atomic mass is 9.93. The smallest absolute Gasteiger partial charge is 0.313 e. The summed E-state index contributed by atoms with van der Waals surface area (Å²) in [6.07, 6.45) is 1.28. The molecule has 1 atom stereocenters. The van der Waals surface area contributed by atoms with E-state index in [1.54, 1.807) is 12.1 Å². The van der Waals surface area contributed by atoms with Crippen molar-refractivity contribution in [1.82, 2.24) is 5.32 Å². The molecule has 0 fully saturated rings. The molecule has 0 aromatic heterocycles. The SMILES string of the molecule is Cc1cccc(NC(=O)C(=O)NCC[C@@H](CCO)c2ccccc2)c1. The highest BCUT2D eigenvalue weighted by molar-refractivity contribution is 6.39. The second-order valence-corrected chi connectivity index (χ2v) is 5.99. The molecular weight excluding hydrogens is 316 g/mol. The molecule has 2 aromatic carbocycles. The van der Waals surface area contributed by atoms with Gasteiger partial charge in [-0.2, -0.15) is 0 Å². The minimum Gasteiger partial charge on any atom is -0.396 e. The maximum Gasteiger partial charge on any atom is 0.313 e. The number of nitrogens with one attached hydrogen (secondary N) is 2. The van der Waals surface area contributed by atoms with Crippen molar-refractivity contribution >= 4 is 17.5 Å². The first-order valence-corrected chi connectivity index (χ1v) is 8.42. The van der Waals surface area contributed by atoms with Gasteiger partial charge in [0.2, 0.25) is 0 Å². The van der Waals surface area contributed by atoms with Crippen LogP contribution in [0.4, 0.5) is 5.69 Å². The summed E-state index contributed by atoms with van der Waals surface area (Å²) in [5.74, 6) is -1.19. The molecular formula is C20H24N2O3. The monoisotopic (exact) mass is 340 g/mol. The van der Waals surface area contributed by atoms with Gasteiger partial charge in [0.25, 0.3) is 0 Å². The molecule has 0 bridgehead atoms. The van der Waals surface area contributed by atoms with Crippen LogP contribution in [0.1, 0.15) is 29.9 Å². The van der Waals surface area contributed by atoms with Gasteiger partial charge in [0.15, 0.2) is 0 Å². The largest absolute Gasteiger partial charge is 0.396 e. The highest BCUT2D eigenvalue weighted by atomic mass is 16.3. The standard InChI is InChI=1S/C20H24N2O3/c1-15-6-5-9-18(14-15)22-20(25)19(24)21-12-10-17(11-13-23)16-7-3-2-4-8-16/h2-9,14,17,23H,10-13H2,1H3,(H,21,24)(H,22,25)/t17-/m0/s1. The summed E-state index contributed by atoms with van der Waals surface area (Å²) in [6, 6.07) is 17.1. The van der Waals surface area contributed by atoms with Gasteiger partial charge >= 0.3 is 11.8 Å². The van der Waals surface area contributed by atoms with Gasteiger partial charge in [0.05, 0.1) is 0 Å². The summed E-state index contributed by atoms with van der Waals surface area (Å²) in [7, 11) is 0. The Kier molecular flexibility index (Phi) is 7.16. The number of aryl methyl sites for hydroxylation is 1. The Labute approximate surface area is 148 Å². The quantitative estimate of drug-likeness (QED) is 0.678. The first kappa shape index (κ1) is 18.7. The van der Waals surface area contributed by atoms with E-state index in [1.165, 1.54) is 0 Å². The van der Waals surface area contributed by atoms with Crippen molar-refractivity contribution in [1.29, 1.82) is 0 Å². The van der Waals surface area contributed by atoms with Crippen LogP contribution in [-0.4, -0.2) is 30.1 Å². The molecule has 0 spiro atoms. The lowest BCUT2D eigenvalue weighted by molar-refractivity contribution is -0.136. The summed E-state index contributed by atoms with van der Waals surface area (Å²) >= 11 is 0. The van der Waals surface area contributed by atoms with Crippen LogP contribution in [0.5, 0.6) is 0 Å². The Morgan fingerprint density at radius 1 is 1.00 bits per heavy atom. The van der Waals surface area contributed by atoms with Crippen LogP contribution in [-0.2, 0) is 9.59 Å². The van der Waals surface area contributed by atoms with Crippen molar-refractivity contribution in [3.8, 4) is 0 Å². The Hall–Kier alpha value is -2.66. The summed E-state index contributed by atoms with van der Waals surface area (Å²) < 4.78 is 0. The third kappa shape index (κ3) is 6.04. The molecule has 0 aliphatic heterocycles. The number of carbonyl (C=O) groups is 2. The fourth-order valence-corrected chi connectivity index (χ4v) is 2.71.